The molecule has 2 aliphatic rings. The Bertz CT molecular complexity index is 1170. The van der Waals surface area contributed by atoms with Crippen molar-refractivity contribution < 1.29 is 22.4 Å². The number of fused-ring (bicyclic) bond motifs is 1. The van der Waals surface area contributed by atoms with Crippen LogP contribution in [0.5, 0.6) is 0 Å². The number of nitrogens with zero attached hydrogens (tertiary/aromatic N) is 2. The van der Waals surface area contributed by atoms with Crippen molar-refractivity contribution in [3.63, 3.8) is 0 Å². The van der Waals surface area contributed by atoms with Crippen molar-refractivity contribution in [2.75, 3.05) is 24.2 Å². The highest BCUT2D eigenvalue weighted by molar-refractivity contribution is 8.00. The standard InChI is InChI=1S/C24H28FN3O4S2/c1-27(19-5-3-2-4-6-19)34(31,32)20-11-12-22-21(13-20)28(24(30)16-33-22)15-23(29)26-14-17-7-9-18(25)10-8-17/h7-13,19H,2-6,14-16H2,1H3,(H,26,29). The molecule has 0 unspecified atom stereocenters. The molecule has 0 bridgehead atoms. The summed E-state index contributed by atoms with van der Waals surface area (Å²) in [6.07, 6.45) is 4.84. The smallest absolute Gasteiger partial charge is 0.243 e. The Morgan fingerprint density at radius 3 is 2.56 bits per heavy atom. The molecule has 0 saturated heterocycles. The summed E-state index contributed by atoms with van der Waals surface area (Å²) in [7, 11) is -2.12. The lowest BCUT2D eigenvalue weighted by atomic mass is 9.96. The predicted molar refractivity (Wildman–Crippen MR) is 130 cm³/mol. The molecule has 2 aromatic carbocycles. The van der Waals surface area contributed by atoms with Crippen LogP contribution in [0.3, 0.4) is 0 Å². The third-order valence-electron chi connectivity index (χ3n) is 6.34. The van der Waals surface area contributed by atoms with E-state index in [9.17, 15) is 22.4 Å². The van der Waals surface area contributed by atoms with Crippen LogP contribution in [0.25, 0.3) is 0 Å². The van der Waals surface area contributed by atoms with Crippen molar-refractivity contribution in [1.29, 1.82) is 0 Å². The van der Waals surface area contributed by atoms with Crippen LogP contribution in [0.2, 0.25) is 0 Å². The van der Waals surface area contributed by atoms with Crippen LogP contribution in [0.1, 0.15) is 37.7 Å². The molecule has 0 atom stereocenters. The van der Waals surface area contributed by atoms with E-state index in [2.05, 4.69) is 5.32 Å². The highest BCUT2D eigenvalue weighted by atomic mass is 32.2. The fourth-order valence-corrected chi connectivity index (χ4v) is 6.68. The van der Waals surface area contributed by atoms with Crippen LogP contribution in [0.15, 0.2) is 52.3 Å². The van der Waals surface area contributed by atoms with Crippen molar-refractivity contribution in [3.8, 4) is 0 Å². The van der Waals surface area contributed by atoms with Gasteiger partial charge in [0, 0.05) is 24.5 Å². The van der Waals surface area contributed by atoms with Gasteiger partial charge in [0.1, 0.15) is 12.4 Å². The number of anilines is 1. The average Bonchev–Trinajstić information content (AvgIpc) is 2.85. The van der Waals surface area contributed by atoms with Gasteiger partial charge in [0.2, 0.25) is 21.8 Å². The lowest BCUT2D eigenvalue weighted by Crippen LogP contribution is -2.43. The Kier molecular flexibility index (Phi) is 7.59. The molecule has 10 heteroatoms. The van der Waals surface area contributed by atoms with Crippen molar-refractivity contribution in [2.24, 2.45) is 0 Å². The fraction of sp³-hybridized carbons (Fsp3) is 0.417. The highest BCUT2D eigenvalue weighted by Crippen LogP contribution is 2.38. The van der Waals surface area contributed by atoms with E-state index in [1.54, 1.807) is 31.3 Å². The molecule has 34 heavy (non-hydrogen) atoms. The average molecular weight is 506 g/mol. The number of amides is 2. The topological polar surface area (TPSA) is 86.8 Å². The summed E-state index contributed by atoms with van der Waals surface area (Å²) in [5.74, 6) is -0.831. The number of carbonyl (C=O) groups excluding carboxylic acids is 2. The van der Waals surface area contributed by atoms with Gasteiger partial charge in [0.15, 0.2) is 0 Å². The second-order valence-corrected chi connectivity index (χ2v) is 11.6. The van der Waals surface area contributed by atoms with E-state index in [1.807, 2.05) is 0 Å². The second-order valence-electron chi connectivity index (χ2n) is 8.61. The first-order valence-electron chi connectivity index (χ1n) is 11.3. The van der Waals surface area contributed by atoms with Gasteiger partial charge in [0.25, 0.3) is 0 Å². The molecule has 182 valence electrons. The molecule has 1 N–H and O–H groups in total. The number of thioether (sulfide) groups is 1. The summed E-state index contributed by atoms with van der Waals surface area (Å²) in [5.41, 5.74) is 1.16. The van der Waals surface area contributed by atoms with E-state index in [0.717, 1.165) is 42.6 Å². The molecule has 4 rings (SSSR count). The zero-order valence-corrected chi connectivity index (χ0v) is 20.6. The molecular weight excluding hydrogens is 477 g/mol. The largest absolute Gasteiger partial charge is 0.350 e. The van der Waals surface area contributed by atoms with Crippen LogP contribution in [-0.4, -0.2) is 49.9 Å². The Labute approximate surface area is 203 Å². The lowest BCUT2D eigenvalue weighted by Gasteiger charge is -2.32. The van der Waals surface area contributed by atoms with Gasteiger partial charge in [-0.3, -0.25) is 9.59 Å². The molecule has 7 nitrogen and oxygen atoms in total. The highest BCUT2D eigenvalue weighted by Gasteiger charge is 2.32. The third kappa shape index (κ3) is 5.45. The molecule has 2 aromatic rings. The number of hydrogen-bond acceptors (Lipinski definition) is 5. The zero-order valence-electron chi connectivity index (χ0n) is 19.0. The summed E-state index contributed by atoms with van der Waals surface area (Å²) in [5, 5.41) is 2.73. The molecule has 1 aliphatic heterocycles. The van der Waals surface area contributed by atoms with E-state index in [1.165, 1.54) is 39.2 Å². The van der Waals surface area contributed by atoms with Gasteiger partial charge in [-0.05, 0) is 48.7 Å². The minimum atomic E-state index is -3.74. The van der Waals surface area contributed by atoms with E-state index in [0.29, 0.717) is 5.69 Å². The van der Waals surface area contributed by atoms with Gasteiger partial charge < -0.3 is 10.2 Å². The summed E-state index contributed by atoms with van der Waals surface area (Å²) in [6.45, 7) is -0.0289. The van der Waals surface area contributed by atoms with Crippen LogP contribution in [-0.2, 0) is 26.2 Å². The van der Waals surface area contributed by atoms with Crippen LogP contribution >= 0.6 is 11.8 Å². The van der Waals surface area contributed by atoms with E-state index in [4.69, 9.17) is 0 Å². The zero-order chi connectivity index (χ0) is 24.3. The second kappa shape index (κ2) is 10.5. The van der Waals surface area contributed by atoms with Gasteiger partial charge in [0.05, 0.1) is 16.3 Å². The van der Waals surface area contributed by atoms with Gasteiger partial charge in [-0.1, -0.05) is 31.4 Å². The Morgan fingerprint density at radius 2 is 1.85 bits per heavy atom. The van der Waals surface area contributed by atoms with E-state index in [-0.39, 0.29) is 47.4 Å². The minimum Gasteiger partial charge on any atom is -0.350 e. The summed E-state index contributed by atoms with van der Waals surface area (Å²) < 4.78 is 41.2. The first kappa shape index (κ1) is 24.7. The van der Waals surface area contributed by atoms with Crippen molar-refractivity contribution in [3.05, 3.63) is 53.8 Å². The lowest BCUT2D eigenvalue weighted by molar-refractivity contribution is -0.123. The summed E-state index contributed by atoms with van der Waals surface area (Å²) in [6, 6.07) is 10.5. The maximum Gasteiger partial charge on any atom is 0.243 e. The Morgan fingerprint density at radius 1 is 1.15 bits per heavy atom. The molecule has 0 aromatic heterocycles. The van der Waals surface area contributed by atoms with E-state index < -0.39 is 10.0 Å². The Balaban J connectivity index is 1.51. The van der Waals surface area contributed by atoms with Gasteiger partial charge in [-0.25, -0.2) is 12.8 Å². The monoisotopic (exact) mass is 505 g/mol. The first-order chi connectivity index (χ1) is 16.3. The third-order valence-corrected chi connectivity index (χ3v) is 9.30. The molecule has 1 fully saturated rings. The minimum absolute atomic E-state index is 0.0286. The predicted octanol–water partition coefficient (Wildman–Crippen LogP) is 3.53. The number of nitrogens with one attached hydrogen (secondary N) is 1. The van der Waals surface area contributed by atoms with Crippen molar-refractivity contribution >= 4 is 39.3 Å². The number of rotatable bonds is 7. The van der Waals surface area contributed by atoms with Crippen molar-refractivity contribution in [2.45, 2.75) is 54.5 Å². The molecular formula is C24H28FN3O4S2. The number of carbonyl (C=O) groups is 2. The maximum atomic E-state index is 13.3. The molecule has 1 heterocycles. The molecule has 0 radical (unpaired) electrons. The first-order valence-corrected chi connectivity index (χ1v) is 13.7. The molecule has 1 aliphatic carbocycles. The molecule has 1 saturated carbocycles. The van der Waals surface area contributed by atoms with Crippen LogP contribution in [0.4, 0.5) is 10.1 Å². The van der Waals surface area contributed by atoms with Gasteiger partial charge in [-0.2, -0.15) is 4.31 Å². The fourth-order valence-electron chi connectivity index (χ4n) is 4.33. The molecule has 2 amide bonds. The quantitative estimate of drug-likeness (QED) is 0.622. The Hall–Kier alpha value is -2.43. The van der Waals surface area contributed by atoms with Crippen LogP contribution < -0.4 is 10.2 Å². The van der Waals surface area contributed by atoms with Gasteiger partial charge in [-0.15, -0.1) is 11.8 Å². The number of halogens is 1. The normalized spacial score (nSPS) is 17.0. The van der Waals surface area contributed by atoms with Crippen molar-refractivity contribution in [1.82, 2.24) is 9.62 Å². The summed E-state index contributed by atoms with van der Waals surface area (Å²) in [4.78, 5) is 27.5. The summed E-state index contributed by atoms with van der Waals surface area (Å²) >= 11 is 1.33. The van der Waals surface area contributed by atoms with E-state index >= 15 is 0 Å². The molecule has 0 spiro atoms. The number of sulfonamides is 1. The number of benzene rings is 2. The van der Waals surface area contributed by atoms with Gasteiger partial charge >= 0.3 is 0 Å². The van der Waals surface area contributed by atoms with Crippen LogP contribution in [0, 0.1) is 5.82 Å². The SMILES string of the molecule is CN(C1CCCCC1)S(=O)(=O)c1ccc2c(c1)N(CC(=O)NCc1ccc(F)cc1)C(=O)CS2. The number of hydrogen-bond donors (Lipinski definition) is 1. The maximum absolute atomic E-state index is 13.3.